The number of pyridine rings is 1. The minimum absolute atomic E-state index is 0. The smallest absolute Gasteiger partial charge is 0.106 e. The molecule has 0 unspecified atom stereocenters. The molecule has 5 aromatic rings. The van der Waals surface area contributed by atoms with Crippen molar-refractivity contribution in [2.75, 3.05) is 0 Å². The molecule has 3 heterocycles. The van der Waals surface area contributed by atoms with Crippen LogP contribution in [0, 0.1) is 13.0 Å². The van der Waals surface area contributed by atoms with Crippen molar-refractivity contribution in [1.29, 1.82) is 0 Å². The van der Waals surface area contributed by atoms with Crippen LogP contribution in [0.1, 0.15) is 5.56 Å². The normalized spacial score (nSPS) is 11.3. The molecular weight excluding hydrogens is 488 g/mol. The van der Waals surface area contributed by atoms with Crippen LogP contribution in [0.3, 0.4) is 0 Å². The molecular formula is C20H15IrN4-. The third kappa shape index (κ3) is 2.24. The fourth-order valence-corrected chi connectivity index (χ4v) is 3.55. The zero-order valence-corrected chi connectivity index (χ0v) is 16.2. The summed E-state index contributed by atoms with van der Waals surface area (Å²) in [7, 11) is 1.96. The molecule has 5 rings (SSSR count). The van der Waals surface area contributed by atoms with Crippen LogP contribution < -0.4 is 0 Å². The second-order valence-corrected chi connectivity index (χ2v) is 6.12. The van der Waals surface area contributed by atoms with E-state index in [-0.39, 0.29) is 20.1 Å². The summed E-state index contributed by atoms with van der Waals surface area (Å²) in [5, 5.41) is 11.4. The number of nitrogens with zero attached hydrogens (tertiary/aromatic N) is 4. The first-order valence-electron chi connectivity index (χ1n) is 7.93. The van der Waals surface area contributed by atoms with Gasteiger partial charge in [-0.25, -0.2) is 0 Å². The molecule has 0 aliphatic rings. The Kier molecular flexibility index (Phi) is 3.71. The quantitative estimate of drug-likeness (QED) is 0.322. The molecule has 0 atom stereocenters. The maximum Gasteiger partial charge on any atom is 0.106 e. The Morgan fingerprint density at radius 1 is 1.04 bits per heavy atom. The fraction of sp³-hybridized carbons (Fsp3) is 0.100. The van der Waals surface area contributed by atoms with Crippen molar-refractivity contribution in [2.24, 2.45) is 7.05 Å². The van der Waals surface area contributed by atoms with Gasteiger partial charge in [0.05, 0.1) is 5.52 Å². The van der Waals surface area contributed by atoms with Gasteiger partial charge in [-0.05, 0) is 35.0 Å². The fourth-order valence-electron chi connectivity index (χ4n) is 3.55. The van der Waals surface area contributed by atoms with Crippen molar-refractivity contribution >= 4 is 27.3 Å². The van der Waals surface area contributed by atoms with Gasteiger partial charge in [-0.1, -0.05) is 29.7 Å². The van der Waals surface area contributed by atoms with E-state index in [9.17, 15) is 0 Å². The second-order valence-electron chi connectivity index (χ2n) is 6.12. The van der Waals surface area contributed by atoms with Gasteiger partial charge in [-0.15, -0.1) is 5.56 Å². The molecule has 0 fully saturated rings. The first-order chi connectivity index (χ1) is 11.7. The van der Waals surface area contributed by atoms with E-state index in [0.717, 1.165) is 27.3 Å². The van der Waals surface area contributed by atoms with Crippen molar-refractivity contribution in [3.63, 3.8) is 0 Å². The molecule has 25 heavy (non-hydrogen) atoms. The monoisotopic (exact) mass is 504 g/mol. The van der Waals surface area contributed by atoms with Crippen molar-refractivity contribution in [2.45, 2.75) is 6.92 Å². The summed E-state index contributed by atoms with van der Waals surface area (Å²) in [4.78, 5) is 0. The van der Waals surface area contributed by atoms with Crippen LogP contribution in [0.5, 0.6) is 0 Å². The van der Waals surface area contributed by atoms with Crippen LogP contribution in [0.4, 0.5) is 0 Å². The maximum absolute atomic E-state index is 4.66. The van der Waals surface area contributed by atoms with Gasteiger partial charge >= 0.3 is 0 Å². The van der Waals surface area contributed by atoms with E-state index in [4.69, 9.17) is 0 Å². The van der Waals surface area contributed by atoms with E-state index in [1.54, 1.807) is 0 Å². The molecule has 0 spiro atoms. The first-order valence-corrected chi connectivity index (χ1v) is 7.93. The molecule has 1 radical (unpaired) electrons. The number of benzene rings is 2. The molecule has 3 aromatic heterocycles. The third-order valence-corrected chi connectivity index (χ3v) is 4.61. The van der Waals surface area contributed by atoms with Gasteiger partial charge < -0.3 is 0 Å². The number of hydrogen-bond acceptors (Lipinski definition) is 2. The molecule has 0 aliphatic carbocycles. The van der Waals surface area contributed by atoms with Crippen LogP contribution in [0.25, 0.3) is 38.4 Å². The second kappa shape index (κ2) is 5.80. The van der Waals surface area contributed by atoms with Gasteiger partial charge in [0.25, 0.3) is 0 Å². The number of aromatic nitrogens is 4. The zero-order valence-electron chi connectivity index (χ0n) is 13.8. The van der Waals surface area contributed by atoms with Crippen LogP contribution in [0.15, 0.2) is 54.9 Å². The molecule has 4 nitrogen and oxygen atoms in total. The zero-order chi connectivity index (χ0) is 16.3. The summed E-state index contributed by atoms with van der Waals surface area (Å²) in [6.45, 7) is 2.14. The molecule has 0 N–H and O–H groups in total. The van der Waals surface area contributed by atoms with E-state index >= 15 is 0 Å². The number of aryl methyl sites for hydroxylation is 2. The Hall–Kier alpha value is -2.49. The molecule has 0 saturated carbocycles. The molecule has 5 heteroatoms. The minimum atomic E-state index is 0. The Morgan fingerprint density at radius 3 is 2.72 bits per heavy atom. The van der Waals surface area contributed by atoms with E-state index < -0.39 is 0 Å². The maximum atomic E-state index is 4.66. The number of hydrogen-bond donors (Lipinski definition) is 0. The van der Waals surface area contributed by atoms with Gasteiger partial charge in [0.15, 0.2) is 0 Å². The first kappa shape index (κ1) is 16.0. The Labute approximate surface area is 158 Å². The van der Waals surface area contributed by atoms with Gasteiger partial charge in [0, 0.05) is 39.5 Å². The molecule has 125 valence electrons. The predicted molar refractivity (Wildman–Crippen MR) is 96.0 cm³/mol. The topological polar surface area (TPSA) is 35.1 Å². The average molecular weight is 504 g/mol. The number of fused-ring (bicyclic) bond motifs is 6. The summed E-state index contributed by atoms with van der Waals surface area (Å²) >= 11 is 0. The SMILES string of the molecule is Cc1ccccc1-c1cc[c-]c2c1c1cn(C)nc1c1ccnn21.[Ir]. The summed E-state index contributed by atoms with van der Waals surface area (Å²) in [6, 6.07) is 18.0. The van der Waals surface area contributed by atoms with Crippen molar-refractivity contribution in [3.8, 4) is 11.1 Å². The van der Waals surface area contributed by atoms with E-state index in [1.165, 1.54) is 16.7 Å². The van der Waals surface area contributed by atoms with Gasteiger partial charge in [0.2, 0.25) is 0 Å². The standard InChI is InChI=1S/C20H15N4.Ir/c1-13-6-3-4-7-14(13)15-8-5-9-17-19(15)16-12-23(2)22-20(16)18-10-11-21-24(17)18;/h3-8,10-12H,1-2H3;/q-1;. The Morgan fingerprint density at radius 2 is 1.88 bits per heavy atom. The van der Waals surface area contributed by atoms with Crippen LogP contribution >= 0.6 is 0 Å². The summed E-state index contributed by atoms with van der Waals surface area (Å²) in [6.07, 6.45) is 3.90. The van der Waals surface area contributed by atoms with Crippen molar-refractivity contribution < 1.29 is 20.1 Å². The third-order valence-electron chi connectivity index (χ3n) is 4.61. The molecule has 0 aliphatic heterocycles. The molecule has 2 aromatic carbocycles. The van der Waals surface area contributed by atoms with E-state index in [1.807, 2.05) is 34.6 Å². The number of rotatable bonds is 1. The van der Waals surface area contributed by atoms with Crippen LogP contribution in [-0.2, 0) is 27.2 Å². The predicted octanol–water partition coefficient (Wildman–Crippen LogP) is 4.15. The molecule has 0 saturated heterocycles. The largest absolute Gasteiger partial charge is 0.276 e. The molecule has 0 amide bonds. The van der Waals surface area contributed by atoms with Crippen LogP contribution in [0.2, 0.25) is 0 Å². The average Bonchev–Trinajstić information content (AvgIpc) is 3.21. The Bertz CT molecular complexity index is 1230. The van der Waals surface area contributed by atoms with Gasteiger partial charge in [0.1, 0.15) is 5.52 Å². The van der Waals surface area contributed by atoms with Crippen molar-refractivity contribution in [1.82, 2.24) is 19.4 Å². The van der Waals surface area contributed by atoms with Gasteiger partial charge in [-0.2, -0.15) is 28.4 Å². The van der Waals surface area contributed by atoms with Crippen LogP contribution in [-0.4, -0.2) is 19.4 Å². The minimum Gasteiger partial charge on any atom is -0.276 e. The summed E-state index contributed by atoms with van der Waals surface area (Å²) < 4.78 is 3.80. The van der Waals surface area contributed by atoms with E-state index in [0.29, 0.717) is 0 Å². The van der Waals surface area contributed by atoms with Gasteiger partial charge in [-0.3, -0.25) is 9.20 Å². The summed E-state index contributed by atoms with van der Waals surface area (Å²) in [5.41, 5.74) is 6.64. The molecule has 0 bridgehead atoms. The van der Waals surface area contributed by atoms with Crippen molar-refractivity contribution in [3.05, 3.63) is 66.5 Å². The van der Waals surface area contributed by atoms with E-state index in [2.05, 4.69) is 59.7 Å². The summed E-state index contributed by atoms with van der Waals surface area (Å²) in [5.74, 6) is 0. The Balaban J connectivity index is 0.00000157.